The zero-order chi connectivity index (χ0) is 17.3. The van der Waals surface area contributed by atoms with Crippen LogP contribution in [0.3, 0.4) is 0 Å². The van der Waals surface area contributed by atoms with Crippen molar-refractivity contribution in [1.29, 1.82) is 0 Å². The number of carbonyl (C=O) groups excluding carboxylic acids is 2. The van der Waals surface area contributed by atoms with Gasteiger partial charge in [-0.1, -0.05) is 18.2 Å². The quantitative estimate of drug-likeness (QED) is 0.732. The van der Waals surface area contributed by atoms with Gasteiger partial charge in [0.25, 0.3) is 0 Å². The Labute approximate surface area is 139 Å². The molecule has 0 spiro atoms. The highest BCUT2D eigenvalue weighted by Gasteiger charge is 2.25. The SMILES string of the molecule is COc1cccc2oc(C(=O)N(C(C)=O)c3cccc(C)c3)cc12. The molecule has 2 amide bonds. The molecule has 3 rings (SSSR count). The lowest BCUT2D eigenvalue weighted by atomic mass is 10.2. The third-order valence-electron chi connectivity index (χ3n) is 3.73. The van der Waals surface area contributed by atoms with E-state index in [9.17, 15) is 9.59 Å². The van der Waals surface area contributed by atoms with Gasteiger partial charge in [0.2, 0.25) is 5.91 Å². The minimum atomic E-state index is -0.508. The molecule has 24 heavy (non-hydrogen) atoms. The van der Waals surface area contributed by atoms with Crippen molar-refractivity contribution in [1.82, 2.24) is 0 Å². The molecule has 1 heterocycles. The van der Waals surface area contributed by atoms with Crippen molar-refractivity contribution in [3.05, 3.63) is 59.9 Å². The van der Waals surface area contributed by atoms with Crippen LogP contribution in [0.2, 0.25) is 0 Å². The second-order valence-corrected chi connectivity index (χ2v) is 5.48. The van der Waals surface area contributed by atoms with E-state index in [0.29, 0.717) is 22.4 Å². The van der Waals surface area contributed by atoms with Crippen molar-refractivity contribution in [3.63, 3.8) is 0 Å². The molecule has 0 N–H and O–H groups in total. The summed E-state index contributed by atoms with van der Waals surface area (Å²) in [7, 11) is 1.55. The van der Waals surface area contributed by atoms with Gasteiger partial charge in [0.15, 0.2) is 5.76 Å². The van der Waals surface area contributed by atoms with Crippen LogP contribution in [0, 0.1) is 6.92 Å². The van der Waals surface area contributed by atoms with E-state index in [-0.39, 0.29) is 11.7 Å². The van der Waals surface area contributed by atoms with Gasteiger partial charge in [-0.25, -0.2) is 4.90 Å². The third kappa shape index (κ3) is 2.76. The molecule has 1 aromatic heterocycles. The van der Waals surface area contributed by atoms with Gasteiger partial charge >= 0.3 is 5.91 Å². The van der Waals surface area contributed by atoms with Gasteiger partial charge in [-0.3, -0.25) is 9.59 Å². The number of benzene rings is 2. The lowest BCUT2D eigenvalue weighted by Gasteiger charge is -2.18. The third-order valence-corrected chi connectivity index (χ3v) is 3.73. The molecule has 122 valence electrons. The maximum absolute atomic E-state index is 12.8. The van der Waals surface area contributed by atoms with Gasteiger partial charge < -0.3 is 9.15 Å². The number of aryl methyl sites for hydroxylation is 1. The van der Waals surface area contributed by atoms with E-state index >= 15 is 0 Å². The number of amides is 2. The standard InChI is InChI=1S/C19H17NO4/c1-12-6-4-7-14(10-12)20(13(2)21)19(22)18-11-15-16(23-3)8-5-9-17(15)24-18/h4-11H,1-3H3. The number of fused-ring (bicyclic) bond motifs is 1. The lowest BCUT2D eigenvalue weighted by Crippen LogP contribution is -2.35. The number of ether oxygens (including phenoxy) is 1. The zero-order valence-electron chi connectivity index (χ0n) is 13.7. The normalized spacial score (nSPS) is 10.6. The molecule has 0 saturated heterocycles. The van der Waals surface area contributed by atoms with Crippen LogP contribution in [0.15, 0.2) is 52.9 Å². The molecule has 0 unspecified atom stereocenters. The first-order valence-corrected chi connectivity index (χ1v) is 7.49. The molecular weight excluding hydrogens is 306 g/mol. The Balaban J connectivity index is 2.07. The Kier molecular flexibility index (Phi) is 4.08. The van der Waals surface area contributed by atoms with Gasteiger partial charge in [0.1, 0.15) is 11.3 Å². The Bertz CT molecular complexity index is 926. The summed E-state index contributed by atoms with van der Waals surface area (Å²) in [5.74, 6) is -0.184. The highest BCUT2D eigenvalue weighted by molar-refractivity contribution is 6.20. The van der Waals surface area contributed by atoms with Crippen LogP contribution in [0.5, 0.6) is 5.75 Å². The van der Waals surface area contributed by atoms with Gasteiger partial charge in [-0.05, 0) is 36.8 Å². The Morgan fingerprint density at radius 2 is 1.83 bits per heavy atom. The fourth-order valence-corrected chi connectivity index (χ4v) is 2.64. The highest BCUT2D eigenvalue weighted by atomic mass is 16.5. The fourth-order valence-electron chi connectivity index (χ4n) is 2.64. The topological polar surface area (TPSA) is 59.8 Å². The number of imide groups is 1. The molecular formula is C19H17NO4. The molecule has 2 aromatic carbocycles. The van der Waals surface area contributed by atoms with Gasteiger partial charge in [-0.2, -0.15) is 0 Å². The summed E-state index contributed by atoms with van der Waals surface area (Å²) < 4.78 is 10.9. The largest absolute Gasteiger partial charge is 0.496 e. The Hall–Kier alpha value is -3.08. The second kappa shape index (κ2) is 6.20. The number of methoxy groups -OCH3 is 1. The van der Waals surface area contributed by atoms with Crippen LogP contribution in [-0.4, -0.2) is 18.9 Å². The minimum absolute atomic E-state index is 0.0891. The zero-order valence-corrected chi connectivity index (χ0v) is 13.7. The summed E-state index contributed by atoms with van der Waals surface area (Å²) in [6.07, 6.45) is 0. The number of furan rings is 1. The van der Waals surface area contributed by atoms with Crippen molar-refractivity contribution in [2.45, 2.75) is 13.8 Å². The average Bonchev–Trinajstić information content (AvgIpc) is 2.98. The second-order valence-electron chi connectivity index (χ2n) is 5.48. The maximum atomic E-state index is 12.8. The molecule has 0 radical (unpaired) electrons. The molecule has 5 nitrogen and oxygen atoms in total. The van der Waals surface area contributed by atoms with E-state index in [0.717, 1.165) is 10.5 Å². The average molecular weight is 323 g/mol. The highest BCUT2D eigenvalue weighted by Crippen LogP contribution is 2.30. The van der Waals surface area contributed by atoms with Crippen LogP contribution in [0.25, 0.3) is 11.0 Å². The van der Waals surface area contributed by atoms with Crippen LogP contribution >= 0.6 is 0 Å². The summed E-state index contributed by atoms with van der Waals surface area (Å²) in [6.45, 7) is 3.25. The predicted octanol–water partition coefficient (Wildman–Crippen LogP) is 3.94. The van der Waals surface area contributed by atoms with E-state index in [2.05, 4.69) is 0 Å². The van der Waals surface area contributed by atoms with Crippen LogP contribution < -0.4 is 9.64 Å². The lowest BCUT2D eigenvalue weighted by molar-refractivity contribution is -0.116. The first-order valence-electron chi connectivity index (χ1n) is 7.49. The number of nitrogens with zero attached hydrogens (tertiary/aromatic N) is 1. The van der Waals surface area contributed by atoms with Crippen LogP contribution in [0.4, 0.5) is 5.69 Å². The molecule has 0 aliphatic heterocycles. The number of hydrogen-bond acceptors (Lipinski definition) is 4. The molecule has 5 heteroatoms. The van der Waals surface area contributed by atoms with Crippen molar-refractivity contribution in [2.75, 3.05) is 12.0 Å². The molecule has 3 aromatic rings. The summed E-state index contributed by atoms with van der Waals surface area (Å²) >= 11 is 0. The first-order chi connectivity index (χ1) is 11.5. The monoisotopic (exact) mass is 323 g/mol. The van der Waals surface area contributed by atoms with E-state index in [1.165, 1.54) is 6.92 Å². The van der Waals surface area contributed by atoms with Gasteiger partial charge in [0.05, 0.1) is 18.2 Å². The van der Waals surface area contributed by atoms with Gasteiger partial charge in [0, 0.05) is 13.0 Å². The molecule has 0 bridgehead atoms. The fraction of sp³-hybridized carbons (Fsp3) is 0.158. The minimum Gasteiger partial charge on any atom is -0.496 e. The first kappa shape index (κ1) is 15.8. The summed E-state index contributed by atoms with van der Waals surface area (Å²) in [5, 5.41) is 0.691. The number of anilines is 1. The predicted molar refractivity (Wildman–Crippen MR) is 91.4 cm³/mol. The van der Waals surface area contributed by atoms with E-state index in [1.807, 2.05) is 13.0 Å². The van der Waals surface area contributed by atoms with Crippen molar-refractivity contribution in [2.24, 2.45) is 0 Å². The van der Waals surface area contributed by atoms with E-state index < -0.39 is 5.91 Å². The number of rotatable bonds is 3. The van der Waals surface area contributed by atoms with Gasteiger partial charge in [-0.15, -0.1) is 0 Å². The Morgan fingerprint density at radius 1 is 1.08 bits per heavy atom. The van der Waals surface area contributed by atoms with Crippen LogP contribution in [-0.2, 0) is 4.79 Å². The summed E-state index contributed by atoms with van der Waals surface area (Å²) in [6, 6.07) is 14.1. The maximum Gasteiger partial charge on any atom is 0.300 e. The molecule has 0 atom stereocenters. The number of hydrogen-bond donors (Lipinski definition) is 0. The van der Waals surface area contributed by atoms with E-state index in [4.69, 9.17) is 9.15 Å². The number of carbonyl (C=O) groups is 2. The van der Waals surface area contributed by atoms with Crippen LogP contribution in [0.1, 0.15) is 23.0 Å². The molecule has 0 aliphatic rings. The van der Waals surface area contributed by atoms with Crippen molar-refractivity contribution in [3.8, 4) is 5.75 Å². The van der Waals surface area contributed by atoms with E-state index in [1.54, 1.807) is 49.6 Å². The molecule has 0 fully saturated rings. The summed E-state index contributed by atoms with van der Waals surface area (Å²) in [4.78, 5) is 26.0. The van der Waals surface area contributed by atoms with Crippen molar-refractivity contribution >= 4 is 28.5 Å². The summed E-state index contributed by atoms with van der Waals surface area (Å²) in [5.41, 5.74) is 2.00. The molecule has 0 saturated carbocycles. The Morgan fingerprint density at radius 3 is 2.50 bits per heavy atom. The smallest absolute Gasteiger partial charge is 0.300 e. The molecule has 0 aliphatic carbocycles. The van der Waals surface area contributed by atoms with Crippen molar-refractivity contribution < 1.29 is 18.7 Å².